The Kier molecular flexibility index (Phi) is 7.97. The SMILES string of the molecule is C[C@H]1CN(C(=O)OCc2ccccc2)C[C@@]1(CC(=O)OC(C)(C)C)C(=O)OCc1ccccc1. The maximum atomic E-state index is 13.4. The summed E-state index contributed by atoms with van der Waals surface area (Å²) >= 11 is 0. The molecule has 1 fully saturated rings. The van der Waals surface area contributed by atoms with Crippen molar-refractivity contribution in [2.45, 2.75) is 52.9 Å². The molecule has 0 saturated carbocycles. The van der Waals surface area contributed by atoms with Crippen LogP contribution >= 0.6 is 0 Å². The number of hydrogen-bond donors (Lipinski definition) is 0. The summed E-state index contributed by atoms with van der Waals surface area (Å²) in [4.78, 5) is 40.4. The van der Waals surface area contributed by atoms with E-state index in [0.717, 1.165) is 11.1 Å². The minimum absolute atomic E-state index is 0.0225. The Morgan fingerprint density at radius 1 is 0.912 bits per heavy atom. The number of benzene rings is 2. The van der Waals surface area contributed by atoms with Crippen molar-refractivity contribution >= 4 is 18.0 Å². The fraction of sp³-hybridized carbons (Fsp3) is 0.444. The minimum Gasteiger partial charge on any atom is -0.460 e. The van der Waals surface area contributed by atoms with Crippen molar-refractivity contribution in [2.24, 2.45) is 11.3 Å². The Bertz CT molecular complexity index is 985. The topological polar surface area (TPSA) is 82.1 Å². The van der Waals surface area contributed by atoms with Crippen molar-refractivity contribution in [1.29, 1.82) is 0 Å². The molecule has 0 spiro atoms. The van der Waals surface area contributed by atoms with Gasteiger partial charge in [0.25, 0.3) is 0 Å². The van der Waals surface area contributed by atoms with E-state index in [0.29, 0.717) is 0 Å². The first-order chi connectivity index (χ1) is 16.1. The largest absolute Gasteiger partial charge is 0.460 e. The predicted molar refractivity (Wildman–Crippen MR) is 126 cm³/mol. The Morgan fingerprint density at radius 3 is 1.97 bits per heavy atom. The molecule has 0 N–H and O–H groups in total. The number of esters is 2. The van der Waals surface area contributed by atoms with Crippen LogP contribution in [0.3, 0.4) is 0 Å². The van der Waals surface area contributed by atoms with Crippen LogP contribution in [0, 0.1) is 11.3 Å². The summed E-state index contributed by atoms with van der Waals surface area (Å²) in [6.07, 6.45) is -0.709. The van der Waals surface area contributed by atoms with Crippen LogP contribution < -0.4 is 0 Å². The van der Waals surface area contributed by atoms with Crippen LogP contribution in [0.5, 0.6) is 0 Å². The van der Waals surface area contributed by atoms with Gasteiger partial charge in [0.2, 0.25) is 0 Å². The van der Waals surface area contributed by atoms with E-state index >= 15 is 0 Å². The quantitative estimate of drug-likeness (QED) is 0.432. The third kappa shape index (κ3) is 6.59. The van der Waals surface area contributed by atoms with Crippen LogP contribution in [-0.4, -0.2) is 41.6 Å². The second kappa shape index (κ2) is 10.7. The number of likely N-dealkylation sites (tertiary alicyclic amines) is 1. The summed E-state index contributed by atoms with van der Waals surface area (Å²) in [5.41, 5.74) is -0.205. The standard InChI is InChI=1S/C27H33NO6/c1-20-16-28(25(31)33-18-22-13-9-6-10-14-22)19-27(20,15-23(29)34-26(2,3)4)24(30)32-17-21-11-7-5-8-12-21/h5-14,20H,15-19H2,1-4H3/t20-,27+/m0/s1. The molecule has 2 atom stereocenters. The van der Waals surface area contributed by atoms with Gasteiger partial charge in [-0.05, 0) is 37.8 Å². The van der Waals surface area contributed by atoms with Gasteiger partial charge >= 0.3 is 18.0 Å². The van der Waals surface area contributed by atoms with Gasteiger partial charge in [0.05, 0.1) is 6.42 Å². The van der Waals surface area contributed by atoms with Gasteiger partial charge in [-0.25, -0.2) is 4.79 Å². The van der Waals surface area contributed by atoms with E-state index in [2.05, 4.69) is 0 Å². The van der Waals surface area contributed by atoms with E-state index < -0.39 is 29.0 Å². The monoisotopic (exact) mass is 467 g/mol. The Balaban J connectivity index is 1.74. The molecule has 7 heteroatoms. The average molecular weight is 468 g/mol. The van der Waals surface area contributed by atoms with Crippen molar-refractivity contribution in [3.63, 3.8) is 0 Å². The van der Waals surface area contributed by atoms with Gasteiger partial charge in [-0.3, -0.25) is 9.59 Å². The second-order valence-electron chi connectivity index (χ2n) is 9.80. The van der Waals surface area contributed by atoms with E-state index in [1.165, 1.54) is 4.90 Å². The molecule has 0 aromatic heterocycles. The second-order valence-corrected chi connectivity index (χ2v) is 9.80. The molecule has 3 rings (SSSR count). The third-order valence-corrected chi connectivity index (χ3v) is 5.87. The molecular weight excluding hydrogens is 434 g/mol. The number of nitrogens with zero attached hydrogens (tertiary/aromatic N) is 1. The number of carbonyl (C=O) groups is 3. The van der Waals surface area contributed by atoms with E-state index in [1.54, 1.807) is 20.8 Å². The molecule has 0 radical (unpaired) electrons. The van der Waals surface area contributed by atoms with Gasteiger partial charge in [0.15, 0.2) is 0 Å². The summed E-state index contributed by atoms with van der Waals surface area (Å²) in [5.74, 6) is -1.35. The lowest BCUT2D eigenvalue weighted by atomic mass is 9.76. The van der Waals surface area contributed by atoms with Crippen molar-refractivity contribution < 1.29 is 28.6 Å². The molecule has 2 aromatic rings. The van der Waals surface area contributed by atoms with Gasteiger partial charge < -0.3 is 19.1 Å². The zero-order valence-electron chi connectivity index (χ0n) is 20.3. The lowest BCUT2D eigenvalue weighted by molar-refractivity contribution is -0.170. The Morgan fingerprint density at radius 2 is 1.44 bits per heavy atom. The van der Waals surface area contributed by atoms with Crippen molar-refractivity contribution in [1.82, 2.24) is 4.90 Å². The molecule has 7 nitrogen and oxygen atoms in total. The van der Waals surface area contributed by atoms with Crippen molar-refractivity contribution in [3.05, 3.63) is 71.8 Å². The molecule has 0 unspecified atom stereocenters. The van der Waals surface area contributed by atoms with Crippen LogP contribution in [0.4, 0.5) is 4.79 Å². The molecule has 34 heavy (non-hydrogen) atoms. The zero-order valence-corrected chi connectivity index (χ0v) is 20.3. The number of rotatable bonds is 7. The first-order valence-electron chi connectivity index (χ1n) is 11.5. The maximum absolute atomic E-state index is 13.4. The zero-order chi connectivity index (χ0) is 24.8. The summed E-state index contributed by atoms with van der Waals surface area (Å²) < 4.78 is 16.6. The van der Waals surface area contributed by atoms with E-state index in [1.807, 2.05) is 67.6 Å². The molecule has 0 aliphatic carbocycles. The first-order valence-corrected chi connectivity index (χ1v) is 11.5. The fourth-order valence-corrected chi connectivity index (χ4v) is 4.09. The van der Waals surface area contributed by atoms with Gasteiger partial charge in [0.1, 0.15) is 24.2 Å². The minimum atomic E-state index is -1.22. The van der Waals surface area contributed by atoms with Gasteiger partial charge in [0, 0.05) is 13.1 Å². The molecule has 1 saturated heterocycles. The van der Waals surface area contributed by atoms with Crippen LogP contribution in [-0.2, 0) is 37.0 Å². The van der Waals surface area contributed by atoms with Crippen LogP contribution in [0.25, 0.3) is 0 Å². The van der Waals surface area contributed by atoms with E-state index in [9.17, 15) is 14.4 Å². The summed E-state index contributed by atoms with van der Waals surface area (Å²) in [6.45, 7) is 7.68. The van der Waals surface area contributed by atoms with Gasteiger partial charge in [-0.1, -0.05) is 67.6 Å². The predicted octanol–water partition coefficient (Wildman–Crippen LogP) is 4.74. The molecule has 0 bridgehead atoms. The first kappa shape index (κ1) is 25.3. The molecule has 1 heterocycles. The lowest BCUT2D eigenvalue weighted by Crippen LogP contribution is -2.43. The normalized spacial score (nSPS) is 20.0. The lowest BCUT2D eigenvalue weighted by Gasteiger charge is -2.31. The summed E-state index contributed by atoms with van der Waals surface area (Å²) in [6, 6.07) is 18.7. The molecule has 182 valence electrons. The number of carbonyl (C=O) groups excluding carboxylic acids is 3. The Hall–Kier alpha value is -3.35. The van der Waals surface area contributed by atoms with Crippen molar-refractivity contribution in [2.75, 3.05) is 13.1 Å². The van der Waals surface area contributed by atoms with Crippen molar-refractivity contribution in [3.8, 4) is 0 Å². The highest BCUT2D eigenvalue weighted by molar-refractivity contribution is 5.85. The fourth-order valence-electron chi connectivity index (χ4n) is 4.09. The number of hydrogen-bond acceptors (Lipinski definition) is 6. The van der Waals surface area contributed by atoms with Gasteiger partial charge in [-0.15, -0.1) is 0 Å². The molecule has 1 aliphatic rings. The van der Waals surface area contributed by atoms with Crippen LogP contribution in [0.1, 0.15) is 45.2 Å². The maximum Gasteiger partial charge on any atom is 0.410 e. The summed E-state index contributed by atoms with van der Waals surface area (Å²) in [5, 5.41) is 0. The smallest absolute Gasteiger partial charge is 0.410 e. The Labute approximate surface area is 201 Å². The third-order valence-electron chi connectivity index (χ3n) is 5.87. The van der Waals surface area contributed by atoms with Crippen LogP contribution in [0.15, 0.2) is 60.7 Å². The summed E-state index contributed by atoms with van der Waals surface area (Å²) in [7, 11) is 0. The molecular formula is C27H33NO6. The molecule has 1 amide bonds. The average Bonchev–Trinajstić information content (AvgIpc) is 3.13. The highest BCUT2D eigenvalue weighted by Gasteiger charge is 2.54. The van der Waals surface area contributed by atoms with Gasteiger partial charge in [-0.2, -0.15) is 0 Å². The number of amides is 1. The highest BCUT2D eigenvalue weighted by atomic mass is 16.6. The molecule has 2 aromatic carbocycles. The van der Waals surface area contributed by atoms with E-state index in [-0.39, 0.29) is 38.6 Å². The molecule has 1 aliphatic heterocycles. The number of ether oxygens (including phenoxy) is 3. The van der Waals surface area contributed by atoms with Crippen LogP contribution in [0.2, 0.25) is 0 Å². The highest BCUT2D eigenvalue weighted by Crippen LogP contribution is 2.41. The van der Waals surface area contributed by atoms with E-state index in [4.69, 9.17) is 14.2 Å².